The van der Waals surface area contributed by atoms with Crippen LogP contribution >= 0.6 is 0 Å². The van der Waals surface area contributed by atoms with Crippen LogP contribution in [-0.2, 0) is 24.2 Å². The molecule has 1 aromatic heterocycles. The van der Waals surface area contributed by atoms with Crippen molar-refractivity contribution in [1.29, 1.82) is 0 Å². The van der Waals surface area contributed by atoms with Gasteiger partial charge in [-0.3, -0.25) is 4.79 Å². The summed E-state index contributed by atoms with van der Waals surface area (Å²) in [6.45, 7) is 4.52. The summed E-state index contributed by atoms with van der Waals surface area (Å²) < 4.78 is 16.2. The van der Waals surface area contributed by atoms with E-state index in [-0.39, 0.29) is 23.6 Å². The fourth-order valence-electron chi connectivity index (χ4n) is 4.22. The van der Waals surface area contributed by atoms with E-state index in [1.54, 1.807) is 38.2 Å². The number of fused-ring (bicyclic) bond motifs is 2. The van der Waals surface area contributed by atoms with Crippen molar-refractivity contribution in [3.8, 4) is 17.2 Å². The lowest BCUT2D eigenvalue weighted by molar-refractivity contribution is -0.131. The van der Waals surface area contributed by atoms with Crippen LogP contribution in [0.2, 0.25) is 0 Å². The Bertz CT molecular complexity index is 1240. The number of phenolic OH excluding ortho intramolecular Hbond substituents is 1. The monoisotopic (exact) mass is 423 g/mol. The van der Waals surface area contributed by atoms with Crippen LogP contribution in [0.4, 0.5) is 0 Å². The predicted molar refractivity (Wildman–Crippen MR) is 116 cm³/mol. The van der Waals surface area contributed by atoms with E-state index in [2.05, 4.69) is 0 Å². The van der Waals surface area contributed by atoms with Crippen LogP contribution in [0.25, 0.3) is 11.0 Å². The highest BCUT2D eigenvalue weighted by Gasteiger charge is 2.25. The number of aryl methyl sites for hydroxylation is 2. The van der Waals surface area contributed by atoms with E-state index in [4.69, 9.17) is 13.9 Å². The summed E-state index contributed by atoms with van der Waals surface area (Å²) in [5, 5.41) is 10.8. The summed E-state index contributed by atoms with van der Waals surface area (Å²) in [5.74, 6) is 1.16. The van der Waals surface area contributed by atoms with E-state index in [9.17, 15) is 14.7 Å². The Morgan fingerprint density at radius 3 is 2.45 bits per heavy atom. The first kappa shape index (κ1) is 20.8. The van der Waals surface area contributed by atoms with Crippen molar-refractivity contribution in [3.05, 3.63) is 62.5 Å². The molecule has 0 saturated heterocycles. The lowest BCUT2D eigenvalue weighted by atomic mass is 9.97. The Balaban J connectivity index is 1.62. The van der Waals surface area contributed by atoms with Gasteiger partial charge in [-0.05, 0) is 66.8 Å². The minimum atomic E-state index is -0.549. The molecule has 0 unspecified atom stereocenters. The van der Waals surface area contributed by atoms with Crippen LogP contribution in [0.1, 0.15) is 27.8 Å². The third-order valence-electron chi connectivity index (χ3n) is 5.90. The Morgan fingerprint density at radius 2 is 1.77 bits per heavy atom. The largest absolute Gasteiger partial charge is 0.507 e. The quantitative estimate of drug-likeness (QED) is 0.648. The van der Waals surface area contributed by atoms with Crippen molar-refractivity contribution >= 4 is 16.9 Å². The van der Waals surface area contributed by atoms with Gasteiger partial charge in [-0.15, -0.1) is 0 Å². The molecule has 0 fully saturated rings. The summed E-state index contributed by atoms with van der Waals surface area (Å²) in [6, 6.07) is 7.16. The lowest BCUT2D eigenvalue weighted by Crippen LogP contribution is -2.37. The van der Waals surface area contributed by atoms with Gasteiger partial charge in [0.25, 0.3) is 0 Å². The van der Waals surface area contributed by atoms with E-state index in [1.165, 1.54) is 0 Å². The van der Waals surface area contributed by atoms with Gasteiger partial charge in [0.1, 0.15) is 11.3 Å². The van der Waals surface area contributed by atoms with E-state index in [0.29, 0.717) is 47.5 Å². The molecule has 2 aromatic carbocycles. The first-order valence-corrected chi connectivity index (χ1v) is 10.1. The number of nitrogens with zero attached hydrogens (tertiary/aromatic N) is 1. The molecule has 1 aliphatic heterocycles. The molecule has 1 N–H and O–H groups in total. The van der Waals surface area contributed by atoms with Crippen molar-refractivity contribution in [2.75, 3.05) is 20.8 Å². The van der Waals surface area contributed by atoms with Gasteiger partial charge in [-0.25, -0.2) is 4.79 Å². The molecule has 1 aliphatic rings. The van der Waals surface area contributed by atoms with E-state index >= 15 is 0 Å². The zero-order valence-corrected chi connectivity index (χ0v) is 18.1. The maximum Gasteiger partial charge on any atom is 0.340 e. The molecular formula is C24H25NO6. The highest BCUT2D eigenvalue weighted by atomic mass is 16.5. The number of amides is 1. The van der Waals surface area contributed by atoms with Gasteiger partial charge in [0, 0.05) is 13.1 Å². The van der Waals surface area contributed by atoms with E-state index in [0.717, 1.165) is 16.7 Å². The molecule has 0 spiro atoms. The van der Waals surface area contributed by atoms with Gasteiger partial charge in [-0.1, -0.05) is 0 Å². The van der Waals surface area contributed by atoms with Crippen molar-refractivity contribution in [2.45, 2.75) is 33.2 Å². The van der Waals surface area contributed by atoms with Crippen LogP contribution in [0.15, 0.2) is 33.5 Å². The lowest BCUT2D eigenvalue weighted by Gasteiger charge is -2.30. The number of ether oxygens (including phenoxy) is 2. The van der Waals surface area contributed by atoms with Gasteiger partial charge in [0.15, 0.2) is 11.5 Å². The van der Waals surface area contributed by atoms with Gasteiger partial charge in [0.2, 0.25) is 5.91 Å². The molecule has 4 rings (SSSR count). The van der Waals surface area contributed by atoms with Crippen LogP contribution in [0, 0.1) is 13.8 Å². The normalized spacial score (nSPS) is 13.2. The smallest absolute Gasteiger partial charge is 0.340 e. The average molecular weight is 423 g/mol. The zero-order chi connectivity index (χ0) is 22.3. The molecule has 2 heterocycles. The predicted octanol–water partition coefficient (Wildman–Crippen LogP) is 3.26. The molecule has 0 atom stereocenters. The van der Waals surface area contributed by atoms with Crippen LogP contribution in [-0.4, -0.2) is 36.7 Å². The number of carbonyl (C=O) groups is 1. The number of aromatic hydroxyl groups is 1. The molecule has 0 bridgehead atoms. The average Bonchev–Trinajstić information content (AvgIpc) is 2.74. The first-order valence-electron chi connectivity index (χ1n) is 10.1. The van der Waals surface area contributed by atoms with Crippen LogP contribution in [0.5, 0.6) is 17.2 Å². The van der Waals surface area contributed by atoms with Crippen molar-refractivity contribution in [3.63, 3.8) is 0 Å². The molecule has 0 aliphatic carbocycles. The first-order chi connectivity index (χ1) is 14.8. The van der Waals surface area contributed by atoms with E-state index in [1.807, 2.05) is 19.1 Å². The molecule has 0 radical (unpaired) electrons. The van der Waals surface area contributed by atoms with Crippen LogP contribution in [0.3, 0.4) is 0 Å². The van der Waals surface area contributed by atoms with Gasteiger partial charge >= 0.3 is 5.63 Å². The Kier molecular flexibility index (Phi) is 5.35. The number of hydrogen-bond acceptors (Lipinski definition) is 6. The van der Waals surface area contributed by atoms with Crippen molar-refractivity contribution in [2.24, 2.45) is 0 Å². The molecule has 162 valence electrons. The molecule has 7 heteroatoms. The zero-order valence-electron chi connectivity index (χ0n) is 18.1. The Morgan fingerprint density at radius 1 is 1.10 bits per heavy atom. The number of hydrogen-bond donors (Lipinski definition) is 1. The third-order valence-corrected chi connectivity index (χ3v) is 5.90. The summed E-state index contributed by atoms with van der Waals surface area (Å²) >= 11 is 0. The summed E-state index contributed by atoms with van der Waals surface area (Å²) in [5.41, 5.74) is 3.51. The second-order valence-electron chi connectivity index (χ2n) is 7.87. The fourth-order valence-corrected chi connectivity index (χ4v) is 4.22. The van der Waals surface area contributed by atoms with Crippen molar-refractivity contribution < 1.29 is 23.8 Å². The minimum Gasteiger partial charge on any atom is -0.507 e. The second kappa shape index (κ2) is 7.98. The maximum absolute atomic E-state index is 13.1. The molecule has 3 aromatic rings. The number of methoxy groups -OCH3 is 2. The molecule has 1 amide bonds. The topological polar surface area (TPSA) is 89.2 Å². The minimum absolute atomic E-state index is 0.0397. The van der Waals surface area contributed by atoms with Crippen LogP contribution < -0.4 is 15.1 Å². The van der Waals surface area contributed by atoms with Gasteiger partial charge < -0.3 is 23.9 Å². The summed E-state index contributed by atoms with van der Waals surface area (Å²) in [6.07, 6.45) is 0.604. The van der Waals surface area contributed by atoms with E-state index < -0.39 is 5.63 Å². The molecular weight excluding hydrogens is 398 g/mol. The molecule has 0 saturated carbocycles. The number of phenols is 1. The number of carbonyl (C=O) groups excluding carboxylic acids is 1. The highest BCUT2D eigenvalue weighted by Crippen LogP contribution is 2.34. The number of rotatable bonds is 4. The standard InChI is InChI=1S/C24H25NO6/c1-13-7-18(26)23-14(2)17(24(28)31-21(23)8-13)11-22(27)25-6-5-15-9-19(29-3)20(30-4)10-16(15)12-25/h7-10,26H,5-6,11-12H2,1-4H3. The fraction of sp³-hybridized carbons (Fsp3) is 0.333. The maximum atomic E-state index is 13.1. The van der Waals surface area contributed by atoms with Gasteiger partial charge in [-0.2, -0.15) is 0 Å². The highest BCUT2D eigenvalue weighted by molar-refractivity contribution is 5.89. The number of benzene rings is 2. The molecule has 7 nitrogen and oxygen atoms in total. The van der Waals surface area contributed by atoms with Gasteiger partial charge in [0.05, 0.1) is 31.6 Å². The summed E-state index contributed by atoms with van der Waals surface area (Å²) in [7, 11) is 3.17. The summed E-state index contributed by atoms with van der Waals surface area (Å²) in [4.78, 5) is 27.4. The second-order valence-corrected chi connectivity index (χ2v) is 7.87. The SMILES string of the molecule is COc1cc2c(cc1OC)CN(C(=O)Cc1c(C)c3c(O)cc(C)cc3oc1=O)CC2. The third kappa shape index (κ3) is 3.71. The molecule has 31 heavy (non-hydrogen) atoms. The Labute approximate surface area is 179 Å². The van der Waals surface area contributed by atoms with Crippen molar-refractivity contribution in [1.82, 2.24) is 4.90 Å². The Hall–Kier alpha value is -3.48.